The second-order valence-electron chi connectivity index (χ2n) is 3.66. The van der Waals surface area contributed by atoms with Crippen molar-refractivity contribution in [3.8, 4) is 0 Å². The molecule has 96 valence electrons. The Kier molecular flexibility index (Phi) is 4.42. The molecule has 0 aliphatic rings. The fourth-order valence-corrected chi connectivity index (χ4v) is 1.28. The van der Waals surface area contributed by atoms with Gasteiger partial charge in [0.25, 0.3) is 5.91 Å². The van der Waals surface area contributed by atoms with Gasteiger partial charge in [-0.2, -0.15) is 0 Å². The summed E-state index contributed by atoms with van der Waals surface area (Å²) < 4.78 is 12.9. The van der Waals surface area contributed by atoms with Crippen LogP contribution in [0.5, 0.6) is 0 Å². The largest absolute Gasteiger partial charge is 0.502 e. The van der Waals surface area contributed by atoms with Crippen LogP contribution >= 0.6 is 0 Å². The molecular weight excluding hydrogens is 241 g/mol. The SMILES string of the molecule is CN(Cc1cccc(F)c1)C(=O)/C=C(\O)C(=O)O. The molecule has 0 unspecified atom stereocenters. The maximum absolute atomic E-state index is 12.9. The molecule has 0 aliphatic carbocycles. The molecule has 0 saturated carbocycles. The van der Waals surface area contributed by atoms with Crippen LogP contribution in [0, 0.1) is 5.82 Å². The van der Waals surface area contributed by atoms with Gasteiger partial charge >= 0.3 is 5.97 Å². The molecule has 0 saturated heterocycles. The Morgan fingerprint density at radius 3 is 2.61 bits per heavy atom. The summed E-state index contributed by atoms with van der Waals surface area (Å²) in [6.07, 6.45) is 0.599. The number of carbonyl (C=O) groups excluding carboxylic acids is 1. The highest BCUT2D eigenvalue weighted by Crippen LogP contribution is 2.07. The van der Waals surface area contributed by atoms with Crippen LogP contribution < -0.4 is 0 Å². The van der Waals surface area contributed by atoms with Crippen molar-refractivity contribution in [2.24, 2.45) is 0 Å². The molecule has 0 aromatic heterocycles. The maximum Gasteiger partial charge on any atom is 0.371 e. The number of carboxylic acid groups (broad SMARTS) is 1. The molecule has 0 spiro atoms. The van der Waals surface area contributed by atoms with Gasteiger partial charge in [-0.05, 0) is 17.7 Å². The molecule has 0 atom stereocenters. The van der Waals surface area contributed by atoms with E-state index < -0.39 is 23.5 Å². The van der Waals surface area contributed by atoms with E-state index in [9.17, 15) is 14.0 Å². The molecule has 0 aliphatic heterocycles. The van der Waals surface area contributed by atoms with Crippen molar-refractivity contribution < 1.29 is 24.2 Å². The number of aliphatic hydroxyl groups is 1. The standard InChI is InChI=1S/C12H12FNO4/c1-14(11(16)6-10(15)12(17)18)7-8-3-2-4-9(13)5-8/h2-6,15H,7H2,1H3,(H,17,18)/b10-6-. The minimum absolute atomic E-state index is 0.111. The normalized spacial score (nSPS) is 11.1. The van der Waals surface area contributed by atoms with Gasteiger partial charge in [0, 0.05) is 13.6 Å². The first kappa shape index (κ1) is 13.7. The maximum atomic E-state index is 12.9. The second-order valence-corrected chi connectivity index (χ2v) is 3.66. The van der Waals surface area contributed by atoms with Crippen LogP contribution in [0.2, 0.25) is 0 Å². The number of hydrogen-bond acceptors (Lipinski definition) is 3. The lowest BCUT2D eigenvalue weighted by Crippen LogP contribution is -2.25. The highest BCUT2D eigenvalue weighted by molar-refractivity contribution is 5.95. The van der Waals surface area contributed by atoms with E-state index in [1.807, 2.05) is 0 Å². The average molecular weight is 253 g/mol. The predicted octanol–water partition coefficient (Wildman–Crippen LogP) is 1.31. The highest BCUT2D eigenvalue weighted by Gasteiger charge is 2.11. The first-order valence-electron chi connectivity index (χ1n) is 5.03. The number of likely N-dealkylation sites (N-methyl/N-ethyl adjacent to an activating group) is 1. The number of aliphatic hydroxyl groups excluding tert-OH is 1. The van der Waals surface area contributed by atoms with Gasteiger partial charge in [0.15, 0.2) is 0 Å². The van der Waals surface area contributed by atoms with Crippen LogP contribution in [0.4, 0.5) is 4.39 Å². The van der Waals surface area contributed by atoms with E-state index in [0.717, 1.165) is 4.90 Å². The molecular formula is C12H12FNO4. The number of benzene rings is 1. The summed E-state index contributed by atoms with van der Waals surface area (Å²) in [6, 6.07) is 5.69. The summed E-state index contributed by atoms with van der Waals surface area (Å²) in [4.78, 5) is 23.0. The van der Waals surface area contributed by atoms with Crippen molar-refractivity contribution in [2.75, 3.05) is 7.05 Å². The Morgan fingerprint density at radius 2 is 2.06 bits per heavy atom. The molecule has 0 radical (unpaired) electrons. The molecule has 1 rings (SSSR count). The van der Waals surface area contributed by atoms with E-state index in [4.69, 9.17) is 10.2 Å². The van der Waals surface area contributed by atoms with Crippen LogP contribution in [-0.4, -0.2) is 34.0 Å². The summed E-state index contributed by atoms with van der Waals surface area (Å²) in [5.41, 5.74) is 0.564. The van der Waals surface area contributed by atoms with Crippen LogP contribution in [0.3, 0.4) is 0 Å². The van der Waals surface area contributed by atoms with Crippen LogP contribution in [0.1, 0.15) is 5.56 Å². The molecule has 1 aromatic carbocycles. The molecule has 0 heterocycles. The second kappa shape index (κ2) is 5.81. The average Bonchev–Trinajstić information content (AvgIpc) is 2.28. The molecule has 2 N–H and O–H groups in total. The van der Waals surface area contributed by atoms with Gasteiger partial charge < -0.3 is 15.1 Å². The number of carbonyl (C=O) groups is 2. The first-order valence-corrected chi connectivity index (χ1v) is 5.03. The number of rotatable bonds is 4. The van der Waals surface area contributed by atoms with Crippen molar-refractivity contribution in [2.45, 2.75) is 6.54 Å². The zero-order valence-electron chi connectivity index (χ0n) is 9.63. The van der Waals surface area contributed by atoms with E-state index in [1.165, 1.54) is 25.2 Å². The van der Waals surface area contributed by atoms with E-state index in [-0.39, 0.29) is 6.54 Å². The Labute approximate surface area is 103 Å². The lowest BCUT2D eigenvalue weighted by atomic mass is 10.2. The van der Waals surface area contributed by atoms with Crippen molar-refractivity contribution in [1.29, 1.82) is 0 Å². The minimum atomic E-state index is -1.58. The van der Waals surface area contributed by atoms with Gasteiger partial charge in [-0.25, -0.2) is 9.18 Å². The zero-order chi connectivity index (χ0) is 13.7. The van der Waals surface area contributed by atoms with Gasteiger partial charge in [-0.15, -0.1) is 0 Å². The zero-order valence-corrected chi connectivity index (χ0v) is 9.63. The van der Waals surface area contributed by atoms with Crippen LogP contribution in [-0.2, 0) is 16.1 Å². The third kappa shape index (κ3) is 3.89. The van der Waals surface area contributed by atoms with E-state index in [2.05, 4.69) is 0 Å². The predicted molar refractivity (Wildman–Crippen MR) is 61.2 cm³/mol. The lowest BCUT2D eigenvalue weighted by Gasteiger charge is -2.15. The Hall–Kier alpha value is -2.37. The van der Waals surface area contributed by atoms with Gasteiger partial charge in [0.1, 0.15) is 5.82 Å². The van der Waals surface area contributed by atoms with Crippen molar-refractivity contribution >= 4 is 11.9 Å². The number of nitrogens with zero attached hydrogens (tertiary/aromatic N) is 1. The summed E-state index contributed by atoms with van der Waals surface area (Å²) in [6.45, 7) is 0.111. The van der Waals surface area contributed by atoms with E-state index >= 15 is 0 Å². The first-order chi connectivity index (χ1) is 8.40. The third-order valence-corrected chi connectivity index (χ3v) is 2.16. The van der Waals surface area contributed by atoms with Gasteiger partial charge in [-0.1, -0.05) is 12.1 Å². The van der Waals surface area contributed by atoms with Crippen LogP contribution in [0.15, 0.2) is 36.1 Å². The molecule has 5 nitrogen and oxygen atoms in total. The lowest BCUT2D eigenvalue weighted by molar-refractivity contribution is -0.136. The summed E-state index contributed by atoms with van der Waals surface area (Å²) >= 11 is 0. The Balaban J connectivity index is 2.71. The van der Waals surface area contributed by atoms with E-state index in [0.29, 0.717) is 11.6 Å². The number of carboxylic acids is 1. The van der Waals surface area contributed by atoms with E-state index in [1.54, 1.807) is 6.07 Å². The number of amides is 1. The van der Waals surface area contributed by atoms with Crippen LogP contribution in [0.25, 0.3) is 0 Å². The van der Waals surface area contributed by atoms with Gasteiger partial charge in [-0.3, -0.25) is 4.79 Å². The van der Waals surface area contributed by atoms with Gasteiger partial charge in [0.2, 0.25) is 5.76 Å². The Bertz CT molecular complexity index is 499. The van der Waals surface area contributed by atoms with Crippen molar-refractivity contribution in [3.05, 3.63) is 47.5 Å². The van der Waals surface area contributed by atoms with Gasteiger partial charge in [0.05, 0.1) is 6.08 Å². The number of halogens is 1. The molecule has 0 bridgehead atoms. The summed E-state index contributed by atoms with van der Waals surface area (Å²) in [5.74, 6) is -3.72. The highest BCUT2D eigenvalue weighted by atomic mass is 19.1. The summed E-state index contributed by atoms with van der Waals surface area (Å²) in [5, 5.41) is 17.3. The Morgan fingerprint density at radius 1 is 1.39 bits per heavy atom. The number of aliphatic carboxylic acids is 1. The molecule has 1 aromatic rings. The van der Waals surface area contributed by atoms with Crippen molar-refractivity contribution in [1.82, 2.24) is 4.90 Å². The monoisotopic (exact) mass is 253 g/mol. The van der Waals surface area contributed by atoms with Crippen molar-refractivity contribution in [3.63, 3.8) is 0 Å². The minimum Gasteiger partial charge on any atom is -0.502 e. The number of hydrogen-bond donors (Lipinski definition) is 2. The molecule has 6 heteroatoms. The fraction of sp³-hybridized carbons (Fsp3) is 0.167. The topological polar surface area (TPSA) is 77.8 Å². The molecule has 18 heavy (non-hydrogen) atoms. The fourth-order valence-electron chi connectivity index (χ4n) is 1.28. The quantitative estimate of drug-likeness (QED) is 0.626. The molecule has 1 amide bonds. The third-order valence-electron chi connectivity index (χ3n) is 2.16. The summed E-state index contributed by atoms with van der Waals surface area (Å²) in [7, 11) is 1.42. The molecule has 0 fully saturated rings. The smallest absolute Gasteiger partial charge is 0.371 e.